The largest absolute Gasteiger partial charge is 0.497 e. The standard InChI is InChI=1S/C17H14O3/c1-18-15-7-4-13(5-8-15)2-3-14-6-9-16-17(12-14)20-11-10-19-16/h4-9,12H,10-11H2,1H3. The predicted molar refractivity (Wildman–Crippen MR) is 76.4 cm³/mol. The van der Waals surface area contributed by atoms with E-state index in [-0.39, 0.29) is 0 Å². The van der Waals surface area contributed by atoms with Crippen LogP contribution in [0.5, 0.6) is 17.2 Å². The first-order chi connectivity index (χ1) is 9.85. The van der Waals surface area contributed by atoms with Crippen molar-refractivity contribution >= 4 is 0 Å². The van der Waals surface area contributed by atoms with Gasteiger partial charge in [0.05, 0.1) is 7.11 Å². The van der Waals surface area contributed by atoms with E-state index in [9.17, 15) is 0 Å². The quantitative estimate of drug-likeness (QED) is 0.743. The Kier molecular flexibility index (Phi) is 3.47. The molecule has 0 aliphatic carbocycles. The highest BCUT2D eigenvalue weighted by Crippen LogP contribution is 2.30. The topological polar surface area (TPSA) is 27.7 Å². The van der Waals surface area contributed by atoms with Crippen molar-refractivity contribution in [3.05, 3.63) is 53.6 Å². The van der Waals surface area contributed by atoms with Gasteiger partial charge in [0, 0.05) is 11.1 Å². The van der Waals surface area contributed by atoms with E-state index in [0.717, 1.165) is 28.4 Å². The maximum absolute atomic E-state index is 5.54. The smallest absolute Gasteiger partial charge is 0.162 e. The summed E-state index contributed by atoms with van der Waals surface area (Å²) in [5.74, 6) is 8.61. The van der Waals surface area contributed by atoms with Crippen LogP contribution in [0.15, 0.2) is 42.5 Å². The summed E-state index contributed by atoms with van der Waals surface area (Å²) in [5.41, 5.74) is 1.85. The molecule has 2 aromatic rings. The molecular formula is C17H14O3. The van der Waals surface area contributed by atoms with E-state index in [0.29, 0.717) is 13.2 Å². The molecule has 0 aromatic heterocycles. The van der Waals surface area contributed by atoms with Gasteiger partial charge in [-0.1, -0.05) is 11.8 Å². The molecule has 0 N–H and O–H groups in total. The lowest BCUT2D eigenvalue weighted by Crippen LogP contribution is -2.15. The number of rotatable bonds is 1. The third kappa shape index (κ3) is 2.70. The van der Waals surface area contributed by atoms with Crippen LogP contribution in [0.4, 0.5) is 0 Å². The molecule has 0 radical (unpaired) electrons. The molecule has 0 spiro atoms. The molecule has 0 unspecified atom stereocenters. The Labute approximate surface area is 118 Å². The molecule has 3 rings (SSSR count). The van der Waals surface area contributed by atoms with Crippen molar-refractivity contribution in [2.24, 2.45) is 0 Å². The number of fused-ring (bicyclic) bond motifs is 1. The zero-order valence-corrected chi connectivity index (χ0v) is 11.2. The summed E-state index contributed by atoms with van der Waals surface area (Å²) >= 11 is 0. The zero-order chi connectivity index (χ0) is 13.8. The van der Waals surface area contributed by atoms with E-state index in [4.69, 9.17) is 14.2 Å². The van der Waals surface area contributed by atoms with Gasteiger partial charge in [-0.3, -0.25) is 0 Å². The summed E-state index contributed by atoms with van der Waals surface area (Å²) in [6.07, 6.45) is 0. The van der Waals surface area contributed by atoms with Crippen LogP contribution in [0.3, 0.4) is 0 Å². The fraction of sp³-hybridized carbons (Fsp3) is 0.176. The molecule has 1 aliphatic rings. The predicted octanol–water partition coefficient (Wildman–Crippen LogP) is 2.87. The zero-order valence-electron chi connectivity index (χ0n) is 11.2. The molecule has 2 aromatic carbocycles. The van der Waals surface area contributed by atoms with Crippen LogP contribution in [-0.4, -0.2) is 20.3 Å². The summed E-state index contributed by atoms with van der Waals surface area (Å²) in [6.45, 7) is 1.19. The van der Waals surface area contributed by atoms with Gasteiger partial charge in [0.15, 0.2) is 11.5 Å². The lowest BCUT2D eigenvalue weighted by molar-refractivity contribution is 0.171. The Hall–Kier alpha value is -2.60. The van der Waals surface area contributed by atoms with Crippen LogP contribution >= 0.6 is 0 Å². The molecule has 1 aliphatic heterocycles. The van der Waals surface area contributed by atoms with Gasteiger partial charge in [-0.15, -0.1) is 0 Å². The van der Waals surface area contributed by atoms with E-state index in [1.54, 1.807) is 7.11 Å². The van der Waals surface area contributed by atoms with Crippen LogP contribution in [0.2, 0.25) is 0 Å². The highest BCUT2D eigenvalue weighted by atomic mass is 16.6. The second-order valence-electron chi connectivity index (χ2n) is 4.34. The maximum Gasteiger partial charge on any atom is 0.162 e. The summed E-state index contributed by atoms with van der Waals surface area (Å²) < 4.78 is 16.1. The summed E-state index contributed by atoms with van der Waals surface area (Å²) in [7, 11) is 1.65. The first-order valence-corrected chi connectivity index (χ1v) is 6.41. The van der Waals surface area contributed by atoms with Crippen LogP contribution in [0.1, 0.15) is 11.1 Å². The van der Waals surface area contributed by atoms with E-state index in [1.165, 1.54) is 0 Å². The van der Waals surface area contributed by atoms with Gasteiger partial charge in [0.2, 0.25) is 0 Å². The fourth-order valence-corrected chi connectivity index (χ4v) is 1.94. The van der Waals surface area contributed by atoms with E-state index in [1.807, 2.05) is 42.5 Å². The Balaban J connectivity index is 1.82. The van der Waals surface area contributed by atoms with Crippen molar-refractivity contribution in [3.63, 3.8) is 0 Å². The van der Waals surface area contributed by atoms with Crippen molar-refractivity contribution in [2.75, 3.05) is 20.3 Å². The SMILES string of the molecule is COc1ccc(C#Cc2ccc3c(c2)OCCO3)cc1. The highest BCUT2D eigenvalue weighted by Gasteiger charge is 2.10. The molecule has 20 heavy (non-hydrogen) atoms. The van der Waals surface area contributed by atoms with Gasteiger partial charge in [-0.2, -0.15) is 0 Å². The minimum Gasteiger partial charge on any atom is -0.497 e. The van der Waals surface area contributed by atoms with Gasteiger partial charge in [-0.25, -0.2) is 0 Å². The molecule has 1 heterocycles. The molecule has 0 atom stereocenters. The van der Waals surface area contributed by atoms with Gasteiger partial charge in [0.1, 0.15) is 19.0 Å². The summed E-state index contributed by atoms with van der Waals surface area (Å²) in [4.78, 5) is 0. The fourth-order valence-electron chi connectivity index (χ4n) is 1.94. The second kappa shape index (κ2) is 5.58. The van der Waals surface area contributed by atoms with Crippen LogP contribution < -0.4 is 14.2 Å². The summed E-state index contributed by atoms with van der Waals surface area (Å²) in [5, 5.41) is 0. The minimum absolute atomic E-state index is 0.586. The molecule has 0 fully saturated rings. The normalized spacial score (nSPS) is 12.2. The van der Waals surface area contributed by atoms with Crippen LogP contribution in [0.25, 0.3) is 0 Å². The molecular weight excluding hydrogens is 252 g/mol. The molecule has 0 amide bonds. The molecule has 0 bridgehead atoms. The van der Waals surface area contributed by atoms with Crippen molar-refractivity contribution < 1.29 is 14.2 Å². The lowest BCUT2D eigenvalue weighted by Gasteiger charge is -2.17. The Morgan fingerprint density at radius 1 is 0.850 bits per heavy atom. The van der Waals surface area contributed by atoms with Crippen molar-refractivity contribution in [3.8, 4) is 29.1 Å². The third-order valence-electron chi connectivity index (χ3n) is 2.98. The number of benzene rings is 2. The first-order valence-electron chi connectivity index (χ1n) is 6.41. The van der Waals surface area contributed by atoms with Gasteiger partial charge in [-0.05, 0) is 42.5 Å². The van der Waals surface area contributed by atoms with Crippen LogP contribution in [0, 0.1) is 11.8 Å². The maximum atomic E-state index is 5.54. The first kappa shape index (κ1) is 12.4. The number of hydrogen-bond acceptors (Lipinski definition) is 3. The molecule has 0 saturated heterocycles. The lowest BCUT2D eigenvalue weighted by atomic mass is 10.1. The Morgan fingerprint density at radius 2 is 1.50 bits per heavy atom. The third-order valence-corrected chi connectivity index (χ3v) is 2.98. The second-order valence-corrected chi connectivity index (χ2v) is 4.34. The van der Waals surface area contributed by atoms with E-state index < -0.39 is 0 Å². The van der Waals surface area contributed by atoms with Crippen molar-refractivity contribution in [1.82, 2.24) is 0 Å². The number of ether oxygens (including phenoxy) is 3. The number of hydrogen-bond donors (Lipinski definition) is 0. The summed E-state index contributed by atoms with van der Waals surface area (Å²) in [6, 6.07) is 13.4. The van der Waals surface area contributed by atoms with Gasteiger partial charge >= 0.3 is 0 Å². The van der Waals surface area contributed by atoms with E-state index >= 15 is 0 Å². The average Bonchev–Trinajstić information content (AvgIpc) is 2.53. The van der Waals surface area contributed by atoms with E-state index in [2.05, 4.69) is 11.8 Å². The molecule has 3 nitrogen and oxygen atoms in total. The Morgan fingerprint density at radius 3 is 2.25 bits per heavy atom. The Bertz CT molecular complexity index is 663. The monoisotopic (exact) mass is 266 g/mol. The molecule has 0 saturated carbocycles. The van der Waals surface area contributed by atoms with Gasteiger partial charge < -0.3 is 14.2 Å². The van der Waals surface area contributed by atoms with Crippen molar-refractivity contribution in [1.29, 1.82) is 0 Å². The average molecular weight is 266 g/mol. The number of methoxy groups -OCH3 is 1. The minimum atomic E-state index is 0.586. The van der Waals surface area contributed by atoms with Gasteiger partial charge in [0.25, 0.3) is 0 Å². The highest BCUT2D eigenvalue weighted by molar-refractivity contribution is 5.51. The molecule has 100 valence electrons. The molecule has 3 heteroatoms. The van der Waals surface area contributed by atoms with Crippen LogP contribution in [-0.2, 0) is 0 Å². The van der Waals surface area contributed by atoms with Crippen molar-refractivity contribution in [2.45, 2.75) is 0 Å².